The first-order valence-electron chi connectivity index (χ1n) is 6.26. The Kier molecular flexibility index (Phi) is 6.03. The van der Waals surface area contributed by atoms with Gasteiger partial charge in [0, 0.05) is 11.0 Å². The van der Waals surface area contributed by atoms with Crippen LogP contribution in [0.2, 0.25) is 10.0 Å². The third-order valence-corrected chi connectivity index (χ3v) is 4.55. The molecule has 0 aliphatic carbocycles. The van der Waals surface area contributed by atoms with Crippen molar-refractivity contribution < 1.29 is 9.47 Å². The van der Waals surface area contributed by atoms with E-state index in [4.69, 9.17) is 32.7 Å². The summed E-state index contributed by atoms with van der Waals surface area (Å²) < 4.78 is 11.5. The average Bonchev–Trinajstić information content (AvgIpc) is 2.51. The van der Waals surface area contributed by atoms with E-state index >= 15 is 0 Å². The largest absolute Gasteiger partial charge is 0.497 e. The van der Waals surface area contributed by atoms with Crippen LogP contribution in [-0.2, 0) is 0 Å². The summed E-state index contributed by atoms with van der Waals surface area (Å²) in [7, 11) is 1.63. The summed E-state index contributed by atoms with van der Waals surface area (Å²) in [5.41, 5.74) is 0.781. The third kappa shape index (κ3) is 4.43. The molecule has 0 heterocycles. The van der Waals surface area contributed by atoms with Gasteiger partial charge in [-0.3, -0.25) is 0 Å². The first kappa shape index (κ1) is 16.3. The normalized spacial score (nSPS) is 10.3. The van der Waals surface area contributed by atoms with Crippen LogP contribution < -0.4 is 14.8 Å². The van der Waals surface area contributed by atoms with E-state index in [1.807, 2.05) is 36.4 Å². The minimum Gasteiger partial charge on any atom is -0.497 e. The molecule has 3 nitrogen and oxygen atoms in total. The number of rotatable bonds is 6. The van der Waals surface area contributed by atoms with Gasteiger partial charge in [0.05, 0.1) is 22.8 Å². The van der Waals surface area contributed by atoms with Gasteiger partial charge in [-0.2, -0.15) is 0 Å². The predicted molar refractivity (Wildman–Crippen MR) is 91.1 cm³/mol. The van der Waals surface area contributed by atoms with E-state index in [0.29, 0.717) is 23.2 Å². The summed E-state index contributed by atoms with van der Waals surface area (Å²) in [5, 5.41) is 4.18. The Labute approximate surface area is 142 Å². The first-order chi connectivity index (χ1) is 10.1. The quantitative estimate of drug-likeness (QED) is 0.539. The molecule has 0 spiro atoms. The summed E-state index contributed by atoms with van der Waals surface area (Å²) in [6, 6.07) is 11.2. The van der Waals surface area contributed by atoms with Crippen molar-refractivity contribution in [2.45, 2.75) is 0 Å². The highest BCUT2D eigenvalue weighted by Crippen LogP contribution is 2.35. The van der Waals surface area contributed by atoms with Crippen molar-refractivity contribution in [3.63, 3.8) is 0 Å². The fraction of sp³-hybridized carbons (Fsp3) is 0.200. The minimum atomic E-state index is 0.496. The van der Waals surface area contributed by atoms with E-state index in [0.717, 1.165) is 21.7 Å². The maximum absolute atomic E-state index is 6.15. The molecule has 0 fully saturated rings. The van der Waals surface area contributed by atoms with Crippen molar-refractivity contribution in [2.75, 3.05) is 25.6 Å². The number of anilines is 1. The van der Waals surface area contributed by atoms with Gasteiger partial charge >= 0.3 is 0 Å². The van der Waals surface area contributed by atoms with Gasteiger partial charge in [0.2, 0.25) is 0 Å². The number of halogens is 3. The van der Waals surface area contributed by atoms with E-state index < -0.39 is 0 Å². The summed E-state index contributed by atoms with van der Waals surface area (Å²) in [6.45, 7) is 1.13. The van der Waals surface area contributed by atoms with Crippen LogP contribution in [0.5, 0.6) is 11.5 Å². The highest BCUT2D eigenvalue weighted by molar-refractivity contribution is 9.10. The van der Waals surface area contributed by atoms with Crippen molar-refractivity contribution in [3.05, 3.63) is 50.9 Å². The number of ether oxygens (including phenoxy) is 2. The number of hydrogen-bond donors (Lipinski definition) is 1. The zero-order valence-electron chi connectivity index (χ0n) is 11.3. The molecule has 2 aromatic carbocycles. The Bertz CT molecular complexity index is 605. The highest BCUT2D eigenvalue weighted by Gasteiger charge is 2.07. The summed E-state index contributed by atoms with van der Waals surface area (Å²) in [4.78, 5) is 0. The maximum atomic E-state index is 6.15. The smallest absolute Gasteiger partial charge is 0.119 e. The molecule has 0 aliphatic rings. The van der Waals surface area contributed by atoms with Gasteiger partial charge in [-0.05, 0) is 52.3 Å². The molecular weight excluding hydrogens is 377 g/mol. The van der Waals surface area contributed by atoms with E-state index in [2.05, 4.69) is 21.2 Å². The van der Waals surface area contributed by atoms with Gasteiger partial charge in [0.25, 0.3) is 0 Å². The first-order valence-corrected chi connectivity index (χ1v) is 7.81. The summed E-state index contributed by atoms with van der Waals surface area (Å²) in [5.74, 6) is 1.59. The highest BCUT2D eigenvalue weighted by atomic mass is 79.9. The molecule has 6 heteroatoms. The van der Waals surface area contributed by atoms with Crippen molar-refractivity contribution in [2.24, 2.45) is 0 Å². The van der Waals surface area contributed by atoms with Gasteiger partial charge in [-0.25, -0.2) is 0 Å². The molecule has 0 unspecified atom stereocenters. The van der Waals surface area contributed by atoms with Crippen LogP contribution in [0.1, 0.15) is 0 Å². The Morgan fingerprint density at radius 2 is 1.67 bits per heavy atom. The predicted octanol–water partition coefficient (Wildman–Crippen LogP) is 5.26. The van der Waals surface area contributed by atoms with E-state index in [1.54, 1.807) is 7.11 Å². The van der Waals surface area contributed by atoms with Crippen LogP contribution in [0.4, 0.5) is 5.69 Å². The Morgan fingerprint density at radius 1 is 1.00 bits per heavy atom. The third-order valence-electron chi connectivity index (χ3n) is 2.78. The Hall–Kier alpha value is -1.10. The lowest BCUT2D eigenvalue weighted by molar-refractivity contribution is 0.332. The van der Waals surface area contributed by atoms with Crippen molar-refractivity contribution >= 4 is 44.8 Å². The van der Waals surface area contributed by atoms with Crippen molar-refractivity contribution in [1.29, 1.82) is 0 Å². The second-order valence-electron chi connectivity index (χ2n) is 4.17. The molecule has 2 aromatic rings. The lowest BCUT2D eigenvalue weighted by atomic mass is 10.3. The van der Waals surface area contributed by atoms with E-state index in [1.165, 1.54) is 0 Å². The maximum Gasteiger partial charge on any atom is 0.119 e. The van der Waals surface area contributed by atoms with Gasteiger partial charge < -0.3 is 14.8 Å². The second kappa shape index (κ2) is 7.78. The molecule has 0 saturated carbocycles. The molecule has 0 radical (unpaired) electrons. The Morgan fingerprint density at radius 3 is 2.33 bits per heavy atom. The van der Waals surface area contributed by atoms with E-state index in [9.17, 15) is 0 Å². The average molecular weight is 391 g/mol. The molecule has 0 atom stereocenters. The monoisotopic (exact) mass is 389 g/mol. The number of benzene rings is 2. The van der Waals surface area contributed by atoms with Crippen molar-refractivity contribution in [3.8, 4) is 11.5 Å². The van der Waals surface area contributed by atoms with Gasteiger partial charge in [-0.15, -0.1) is 0 Å². The van der Waals surface area contributed by atoms with Crippen LogP contribution in [0, 0.1) is 0 Å². The molecule has 0 amide bonds. The van der Waals surface area contributed by atoms with Gasteiger partial charge in [-0.1, -0.05) is 23.2 Å². The molecular formula is C15H14BrCl2NO2. The zero-order valence-corrected chi connectivity index (χ0v) is 14.4. The fourth-order valence-corrected chi connectivity index (χ4v) is 2.53. The van der Waals surface area contributed by atoms with Crippen LogP contribution >= 0.6 is 39.1 Å². The summed E-state index contributed by atoms with van der Waals surface area (Å²) >= 11 is 15.5. The molecule has 0 saturated heterocycles. The van der Waals surface area contributed by atoms with E-state index in [-0.39, 0.29) is 0 Å². The number of nitrogens with one attached hydrogen (secondary N) is 1. The zero-order chi connectivity index (χ0) is 15.2. The molecule has 21 heavy (non-hydrogen) atoms. The number of methoxy groups -OCH3 is 1. The van der Waals surface area contributed by atoms with Crippen LogP contribution in [0.3, 0.4) is 0 Å². The molecule has 112 valence electrons. The lowest BCUT2D eigenvalue weighted by Crippen LogP contribution is -2.11. The summed E-state index contributed by atoms with van der Waals surface area (Å²) in [6.07, 6.45) is 0. The SMILES string of the molecule is COc1ccc(OCCNc2ccc(Br)c(Cl)c2Cl)cc1. The molecule has 2 rings (SSSR count). The van der Waals surface area contributed by atoms with Gasteiger partial charge in [0.15, 0.2) is 0 Å². The second-order valence-corrected chi connectivity index (χ2v) is 5.78. The molecule has 0 bridgehead atoms. The number of hydrogen-bond acceptors (Lipinski definition) is 3. The van der Waals surface area contributed by atoms with Crippen LogP contribution in [-0.4, -0.2) is 20.3 Å². The van der Waals surface area contributed by atoms with Crippen LogP contribution in [0.15, 0.2) is 40.9 Å². The molecule has 0 aromatic heterocycles. The van der Waals surface area contributed by atoms with Crippen molar-refractivity contribution in [1.82, 2.24) is 0 Å². The lowest BCUT2D eigenvalue weighted by Gasteiger charge is -2.11. The molecule has 0 aliphatic heterocycles. The standard InChI is InChI=1S/C15H14BrCl2NO2/c1-20-10-2-4-11(5-3-10)21-9-8-19-13-7-6-12(16)14(17)15(13)18/h2-7,19H,8-9H2,1H3. The molecule has 1 N–H and O–H groups in total. The van der Waals surface area contributed by atoms with Crippen LogP contribution in [0.25, 0.3) is 0 Å². The fourth-order valence-electron chi connectivity index (χ4n) is 1.69. The minimum absolute atomic E-state index is 0.496. The topological polar surface area (TPSA) is 30.5 Å². The Balaban J connectivity index is 1.83. The van der Waals surface area contributed by atoms with Gasteiger partial charge in [0.1, 0.15) is 18.1 Å².